The molecule has 1 heterocycles. The van der Waals surface area contributed by atoms with Crippen LogP contribution in [0.15, 0.2) is 0 Å². The molecule has 3 nitrogen and oxygen atoms in total. The van der Waals surface area contributed by atoms with Crippen molar-refractivity contribution in [3.8, 4) is 0 Å². The van der Waals surface area contributed by atoms with Gasteiger partial charge in [-0.2, -0.15) is 0 Å². The number of hydrogen-bond donors (Lipinski definition) is 1. The maximum atomic E-state index is 5.68. The van der Waals surface area contributed by atoms with E-state index in [4.69, 9.17) is 5.73 Å². The first kappa shape index (κ1) is 15.9. The summed E-state index contributed by atoms with van der Waals surface area (Å²) in [5, 5.41) is 0. The third kappa shape index (κ3) is 5.25. The molecular formula is C15H33N3. The van der Waals surface area contributed by atoms with Gasteiger partial charge in [-0.25, -0.2) is 0 Å². The fourth-order valence-electron chi connectivity index (χ4n) is 2.90. The van der Waals surface area contributed by atoms with Crippen LogP contribution in [0.3, 0.4) is 0 Å². The topological polar surface area (TPSA) is 32.5 Å². The van der Waals surface area contributed by atoms with Crippen LogP contribution in [0.5, 0.6) is 0 Å². The monoisotopic (exact) mass is 255 g/mol. The van der Waals surface area contributed by atoms with E-state index in [0.29, 0.717) is 6.04 Å². The molecule has 0 aromatic rings. The molecule has 1 saturated heterocycles. The largest absolute Gasteiger partial charge is 0.329 e. The van der Waals surface area contributed by atoms with Crippen LogP contribution in [0.25, 0.3) is 0 Å². The van der Waals surface area contributed by atoms with E-state index in [-0.39, 0.29) is 0 Å². The lowest BCUT2D eigenvalue weighted by Gasteiger charge is -2.36. The smallest absolute Gasteiger partial charge is 0.0113 e. The summed E-state index contributed by atoms with van der Waals surface area (Å²) in [6, 6.07) is 0.610. The molecule has 1 unspecified atom stereocenters. The minimum absolute atomic E-state index is 0.610. The summed E-state index contributed by atoms with van der Waals surface area (Å²) in [7, 11) is 0. The van der Waals surface area contributed by atoms with Crippen molar-refractivity contribution in [3.05, 3.63) is 0 Å². The quantitative estimate of drug-likeness (QED) is 0.755. The number of nitrogens with two attached hydrogens (primary N) is 1. The summed E-state index contributed by atoms with van der Waals surface area (Å²) in [6.45, 7) is 16.0. The van der Waals surface area contributed by atoms with Crippen molar-refractivity contribution in [2.45, 2.75) is 46.6 Å². The number of likely N-dealkylation sites (tertiary alicyclic amines) is 1. The summed E-state index contributed by atoms with van der Waals surface area (Å²) in [5.41, 5.74) is 5.68. The van der Waals surface area contributed by atoms with Crippen LogP contribution in [0.4, 0.5) is 0 Å². The third-order valence-corrected chi connectivity index (χ3v) is 4.33. The van der Waals surface area contributed by atoms with Gasteiger partial charge in [0.05, 0.1) is 0 Å². The van der Waals surface area contributed by atoms with E-state index >= 15 is 0 Å². The van der Waals surface area contributed by atoms with E-state index in [1.54, 1.807) is 0 Å². The van der Waals surface area contributed by atoms with Gasteiger partial charge in [-0.15, -0.1) is 0 Å². The summed E-state index contributed by atoms with van der Waals surface area (Å²) in [6.07, 6.45) is 2.80. The molecule has 1 aliphatic rings. The second kappa shape index (κ2) is 8.13. The standard InChI is InChI=1S/C15H33N3/c1-13(2)15-6-5-8-17(12-15)10-11-18(9-7-16)14(3)4/h13-15H,5-12,16H2,1-4H3. The summed E-state index contributed by atoms with van der Waals surface area (Å²) in [4.78, 5) is 5.15. The molecule has 1 rings (SSSR count). The lowest BCUT2D eigenvalue weighted by Crippen LogP contribution is -2.44. The van der Waals surface area contributed by atoms with Crippen molar-refractivity contribution in [2.75, 3.05) is 39.3 Å². The zero-order chi connectivity index (χ0) is 13.5. The first-order valence-electron chi connectivity index (χ1n) is 7.71. The zero-order valence-electron chi connectivity index (χ0n) is 12.9. The molecule has 0 saturated carbocycles. The van der Waals surface area contributed by atoms with Gasteiger partial charge < -0.3 is 10.6 Å². The second-order valence-corrected chi connectivity index (χ2v) is 6.37. The summed E-state index contributed by atoms with van der Waals surface area (Å²) < 4.78 is 0. The Labute approximate surface area is 114 Å². The molecule has 0 aliphatic carbocycles. The number of nitrogens with zero attached hydrogens (tertiary/aromatic N) is 2. The maximum absolute atomic E-state index is 5.68. The van der Waals surface area contributed by atoms with Crippen LogP contribution >= 0.6 is 0 Å². The fourth-order valence-corrected chi connectivity index (χ4v) is 2.90. The molecule has 0 aromatic heterocycles. The van der Waals surface area contributed by atoms with Crippen molar-refractivity contribution < 1.29 is 0 Å². The molecule has 3 heteroatoms. The zero-order valence-corrected chi connectivity index (χ0v) is 12.9. The van der Waals surface area contributed by atoms with Crippen LogP contribution < -0.4 is 5.73 Å². The normalized spacial score (nSPS) is 22.3. The van der Waals surface area contributed by atoms with Crippen molar-refractivity contribution in [2.24, 2.45) is 17.6 Å². The van der Waals surface area contributed by atoms with Crippen LogP contribution in [0.1, 0.15) is 40.5 Å². The van der Waals surface area contributed by atoms with Crippen LogP contribution in [0, 0.1) is 11.8 Å². The summed E-state index contributed by atoms with van der Waals surface area (Å²) >= 11 is 0. The lowest BCUT2D eigenvalue weighted by atomic mass is 9.88. The Hall–Kier alpha value is -0.120. The Morgan fingerprint density at radius 1 is 1.22 bits per heavy atom. The highest BCUT2D eigenvalue weighted by atomic mass is 15.2. The molecule has 18 heavy (non-hydrogen) atoms. The van der Waals surface area contributed by atoms with E-state index < -0.39 is 0 Å². The second-order valence-electron chi connectivity index (χ2n) is 6.37. The van der Waals surface area contributed by atoms with Gasteiger partial charge in [-0.05, 0) is 45.1 Å². The molecule has 1 atom stereocenters. The highest BCUT2D eigenvalue weighted by molar-refractivity contribution is 4.76. The third-order valence-electron chi connectivity index (χ3n) is 4.33. The van der Waals surface area contributed by atoms with Gasteiger partial charge in [-0.1, -0.05) is 13.8 Å². The molecule has 2 N–H and O–H groups in total. The number of hydrogen-bond acceptors (Lipinski definition) is 3. The minimum atomic E-state index is 0.610. The van der Waals surface area contributed by atoms with Crippen LogP contribution in [0.2, 0.25) is 0 Å². The van der Waals surface area contributed by atoms with E-state index in [1.807, 2.05) is 0 Å². The molecule has 108 valence electrons. The van der Waals surface area contributed by atoms with Crippen LogP contribution in [-0.4, -0.2) is 55.1 Å². The van der Waals surface area contributed by atoms with E-state index in [9.17, 15) is 0 Å². The number of rotatable bonds is 7. The van der Waals surface area contributed by atoms with E-state index in [0.717, 1.165) is 24.9 Å². The van der Waals surface area contributed by atoms with Gasteiger partial charge >= 0.3 is 0 Å². The molecule has 1 aliphatic heterocycles. The van der Waals surface area contributed by atoms with Crippen molar-refractivity contribution in [3.63, 3.8) is 0 Å². The predicted molar refractivity (Wildman–Crippen MR) is 79.8 cm³/mol. The molecular weight excluding hydrogens is 222 g/mol. The van der Waals surface area contributed by atoms with Gasteiger partial charge in [-0.3, -0.25) is 4.90 Å². The highest BCUT2D eigenvalue weighted by Crippen LogP contribution is 2.23. The minimum Gasteiger partial charge on any atom is -0.329 e. The number of piperidine rings is 1. The predicted octanol–water partition coefficient (Wildman–Crippen LogP) is 2.02. The van der Waals surface area contributed by atoms with Gasteiger partial charge in [0, 0.05) is 38.8 Å². The van der Waals surface area contributed by atoms with Crippen molar-refractivity contribution >= 4 is 0 Å². The average Bonchev–Trinajstić information content (AvgIpc) is 2.34. The SMILES string of the molecule is CC(C)C1CCCN(CCN(CCN)C(C)C)C1. The molecule has 0 bridgehead atoms. The summed E-state index contributed by atoms with van der Waals surface area (Å²) in [5.74, 6) is 1.74. The Bertz CT molecular complexity index is 216. The molecule has 0 radical (unpaired) electrons. The Morgan fingerprint density at radius 3 is 2.50 bits per heavy atom. The van der Waals surface area contributed by atoms with Gasteiger partial charge in [0.15, 0.2) is 0 Å². The fraction of sp³-hybridized carbons (Fsp3) is 1.00. The molecule has 0 aromatic carbocycles. The van der Waals surface area contributed by atoms with E-state index in [2.05, 4.69) is 37.5 Å². The molecule has 1 fully saturated rings. The Morgan fingerprint density at radius 2 is 1.94 bits per heavy atom. The first-order valence-corrected chi connectivity index (χ1v) is 7.71. The van der Waals surface area contributed by atoms with Crippen molar-refractivity contribution in [1.82, 2.24) is 9.80 Å². The van der Waals surface area contributed by atoms with Crippen LogP contribution in [-0.2, 0) is 0 Å². The maximum Gasteiger partial charge on any atom is 0.0113 e. The highest BCUT2D eigenvalue weighted by Gasteiger charge is 2.22. The average molecular weight is 255 g/mol. The van der Waals surface area contributed by atoms with Gasteiger partial charge in [0.2, 0.25) is 0 Å². The molecule has 0 spiro atoms. The lowest BCUT2D eigenvalue weighted by molar-refractivity contribution is 0.119. The van der Waals surface area contributed by atoms with E-state index in [1.165, 1.54) is 39.0 Å². The van der Waals surface area contributed by atoms with Gasteiger partial charge in [0.1, 0.15) is 0 Å². The Kier molecular flexibility index (Phi) is 7.20. The molecule has 0 amide bonds. The Balaban J connectivity index is 2.32. The first-order chi connectivity index (χ1) is 8.54. The van der Waals surface area contributed by atoms with Crippen molar-refractivity contribution in [1.29, 1.82) is 0 Å². The van der Waals surface area contributed by atoms with Gasteiger partial charge in [0.25, 0.3) is 0 Å².